The fraction of sp³-hybridized carbons (Fsp3) is 1.00. The van der Waals surface area contributed by atoms with E-state index in [0.717, 1.165) is 25.7 Å². The molecular formula is C7H16O2. The third-order valence-electron chi connectivity index (χ3n) is 1.32. The molecular weight excluding hydrogens is 116 g/mol. The van der Waals surface area contributed by atoms with Crippen molar-refractivity contribution in [1.29, 1.82) is 0 Å². The van der Waals surface area contributed by atoms with Gasteiger partial charge < -0.3 is 10.2 Å². The van der Waals surface area contributed by atoms with Gasteiger partial charge in [-0.05, 0) is 19.3 Å². The Labute approximate surface area is 56.5 Å². The second kappa shape index (κ2) is 6.05. The summed E-state index contributed by atoms with van der Waals surface area (Å²) in [5.41, 5.74) is 0. The summed E-state index contributed by atoms with van der Waals surface area (Å²) in [5, 5.41) is 17.4. The van der Waals surface area contributed by atoms with Crippen molar-refractivity contribution in [3.63, 3.8) is 0 Å². The Hall–Kier alpha value is -0.0800. The molecule has 0 radical (unpaired) electrons. The van der Waals surface area contributed by atoms with Crippen LogP contribution in [0, 0.1) is 0 Å². The topological polar surface area (TPSA) is 40.5 Å². The van der Waals surface area contributed by atoms with E-state index in [-0.39, 0.29) is 12.7 Å². The van der Waals surface area contributed by atoms with E-state index in [4.69, 9.17) is 10.2 Å². The van der Waals surface area contributed by atoms with E-state index in [0.29, 0.717) is 0 Å². The Bertz CT molecular complexity index is 54.9. The summed E-state index contributed by atoms with van der Waals surface area (Å²) in [4.78, 5) is 0. The summed E-state index contributed by atoms with van der Waals surface area (Å²) in [6.07, 6.45) is 3.15. The summed E-state index contributed by atoms with van der Waals surface area (Å²) >= 11 is 0. The van der Waals surface area contributed by atoms with Crippen molar-refractivity contribution in [1.82, 2.24) is 0 Å². The average Bonchev–Trinajstić information content (AvgIpc) is 1.85. The minimum absolute atomic E-state index is 0.192. The predicted molar refractivity (Wildman–Crippen MR) is 37.2 cm³/mol. The van der Waals surface area contributed by atoms with Gasteiger partial charge in [0, 0.05) is 6.61 Å². The molecule has 0 saturated carbocycles. The zero-order valence-corrected chi connectivity index (χ0v) is 6.01. The lowest BCUT2D eigenvalue weighted by Crippen LogP contribution is -2.05. The van der Waals surface area contributed by atoms with Crippen molar-refractivity contribution in [2.45, 2.75) is 38.7 Å². The number of aliphatic hydroxyl groups is 2. The molecule has 0 aliphatic rings. The fourth-order valence-corrected chi connectivity index (χ4v) is 0.804. The van der Waals surface area contributed by atoms with Gasteiger partial charge in [-0.3, -0.25) is 0 Å². The molecule has 1 atom stereocenters. The van der Waals surface area contributed by atoms with E-state index in [1.807, 2.05) is 6.92 Å². The smallest absolute Gasteiger partial charge is 0.0541 e. The highest BCUT2D eigenvalue weighted by atomic mass is 16.3. The Morgan fingerprint density at radius 3 is 2.44 bits per heavy atom. The third kappa shape index (κ3) is 5.80. The molecule has 0 saturated heterocycles. The predicted octanol–water partition coefficient (Wildman–Crippen LogP) is 0.920. The molecule has 0 aliphatic heterocycles. The largest absolute Gasteiger partial charge is 0.396 e. The molecule has 2 heteroatoms. The number of aliphatic hydroxyl groups excluding tert-OH is 2. The maximum absolute atomic E-state index is 9.07. The third-order valence-corrected chi connectivity index (χ3v) is 1.32. The highest BCUT2D eigenvalue weighted by Crippen LogP contribution is 2.02. The summed E-state index contributed by atoms with van der Waals surface area (Å²) in [5.74, 6) is 0. The maximum Gasteiger partial charge on any atom is 0.0541 e. The molecule has 0 aromatic rings. The minimum atomic E-state index is -0.192. The first-order chi connectivity index (χ1) is 4.31. The van der Waals surface area contributed by atoms with Crippen LogP contribution in [0.2, 0.25) is 0 Å². The lowest BCUT2D eigenvalue weighted by atomic mass is 10.1. The summed E-state index contributed by atoms with van der Waals surface area (Å²) in [6, 6.07) is 0. The van der Waals surface area contributed by atoms with Crippen LogP contribution in [0.1, 0.15) is 32.6 Å². The Morgan fingerprint density at radius 2 is 2.00 bits per heavy atom. The molecule has 0 amide bonds. The van der Waals surface area contributed by atoms with Gasteiger partial charge in [-0.25, -0.2) is 0 Å². The van der Waals surface area contributed by atoms with Crippen LogP contribution in [0.5, 0.6) is 0 Å². The van der Waals surface area contributed by atoms with E-state index in [9.17, 15) is 0 Å². The van der Waals surface area contributed by atoms with Crippen LogP contribution in [-0.4, -0.2) is 22.9 Å². The van der Waals surface area contributed by atoms with Crippen molar-refractivity contribution < 1.29 is 10.2 Å². The van der Waals surface area contributed by atoms with Gasteiger partial charge in [0.1, 0.15) is 0 Å². The van der Waals surface area contributed by atoms with E-state index >= 15 is 0 Å². The van der Waals surface area contributed by atoms with Gasteiger partial charge in [0.05, 0.1) is 6.10 Å². The molecule has 0 unspecified atom stereocenters. The Morgan fingerprint density at radius 1 is 1.33 bits per heavy atom. The van der Waals surface area contributed by atoms with Crippen LogP contribution in [0.3, 0.4) is 0 Å². The molecule has 9 heavy (non-hydrogen) atoms. The molecule has 2 nitrogen and oxygen atoms in total. The normalized spacial score (nSPS) is 13.7. The van der Waals surface area contributed by atoms with E-state index in [1.54, 1.807) is 0 Å². The fourth-order valence-electron chi connectivity index (χ4n) is 0.804. The van der Waals surface area contributed by atoms with E-state index in [1.165, 1.54) is 0 Å². The van der Waals surface area contributed by atoms with E-state index in [2.05, 4.69) is 0 Å². The number of rotatable bonds is 5. The van der Waals surface area contributed by atoms with Gasteiger partial charge >= 0.3 is 0 Å². The lowest BCUT2D eigenvalue weighted by molar-refractivity contribution is 0.140. The Kier molecular flexibility index (Phi) is 5.99. The molecule has 0 rings (SSSR count). The maximum atomic E-state index is 9.07. The summed E-state index contributed by atoms with van der Waals surface area (Å²) in [6.45, 7) is 2.24. The van der Waals surface area contributed by atoms with Gasteiger partial charge in [0.25, 0.3) is 0 Å². The molecule has 2 N–H and O–H groups in total. The second-order valence-electron chi connectivity index (χ2n) is 2.31. The summed E-state index contributed by atoms with van der Waals surface area (Å²) < 4.78 is 0. The summed E-state index contributed by atoms with van der Waals surface area (Å²) in [7, 11) is 0. The average molecular weight is 132 g/mol. The van der Waals surface area contributed by atoms with Gasteiger partial charge in [-0.2, -0.15) is 0 Å². The van der Waals surface area contributed by atoms with Crippen LogP contribution < -0.4 is 0 Å². The zero-order valence-electron chi connectivity index (χ0n) is 6.01. The molecule has 56 valence electrons. The minimum Gasteiger partial charge on any atom is -0.396 e. The Balaban J connectivity index is 2.95. The second-order valence-corrected chi connectivity index (χ2v) is 2.31. The van der Waals surface area contributed by atoms with Gasteiger partial charge in [0.15, 0.2) is 0 Å². The highest BCUT2D eigenvalue weighted by molar-refractivity contribution is 4.52. The molecule has 0 aromatic carbocycles. The van der Waals surface area contributed by atoms with E-state index < -0.39 is 0 Å². The van der Waals surface area contributed by atoms with Crippen molar-refractivity contribution in [2.24, 2.45) is 0 Å². The van der Waals surface area contributed by atoms with Crippen LogP contribution in [0.4, 0.5) is 0 Å². The lowest BCUT2D eigenvalue weighted by Gasteiger charge is -2.05. The van der Waals surface area contributed by atoms with Crippen LogP contribution in [-0.2, 0) is 0 Å². The molecule has 0 fully saturated rings. The SMILES string of the molecule is CCC[C@@H](O)CCCO. The molecule has 0 bridgehead atoms. The van der Waals surface area contributed by atoms with Crippen LogP contribution in [0.15, 0.2) is 0 Å². The number of hydrogen-bond acceptors (Lipinski definition) is 2. The van der Waals surface area contributed by atoms with Gasteiger partial charge in [0.2, 0.25) is 0 Å². The van der Waals surface area contributed by atoms with Crippen molar-refractivity contribution in [2.75, 3.05) is 6.61 Å². The van der Waals surface area contributed by atoms with Gasteiger partial charge in [-0.15, -0.1) is 0 Å². The van der Waals surface area contributed by atoms with Crippen LogP contribution >= 0.6 is 0 Å². The quantitative estimate of drug-likeness (QED) is 0.584. The number of hydrogen-bond donors (Lipinski definition) is 2. The van der Waals surface area contributed by atoms with Crippen molar-refractivity contribution in [3.8, 4) is 0 Å². The van der Waals surface area contributed by atoms with Crippen molar-refractivity contribution in [3.05, 3.63) is 0 Å². The standard InChI is InChI=1S/C7H16O2/c1-2-4-7(9)5-3-6-8/h7-9H,2-6H2,1H3/t7-/m1/s1. The molecule has 0 aliphatic carbocycles. The van der Waals surface area contributed by atoms with Crippen LogP contribution in [0.25, 0.3) is 0 Å². The molecule has 0 aromatic heterocycles. The zero-order chi connectivity index (χ0) is 7.11. The first kappa shape index (κ1) is 8.92. The first-order valence-corrected chi connectivity index (χ1v) is 3.60. The van der Waals surface area contributed by atoms with Gasteiger partial charge in [-0.1, -0.05) is 13.3 Å². The highest BCUT2D eigenvalue weighted by Gasteiger charge is 1.99. The first-order valence-electron chi connectivity index (χ1n) is 3.60. The molecule has 0 heterocycles. The molecule has 0 spiro atoms. The van der Waals surface area contributed by atoms with Crippen molar-refractivity contribution >= 4 is 0 Å². The monoisotopic (exact) mass is 132 g/mol.